The molecule has 0 aliphatic rings. The van der Waals surface area contributed by atoms with Crippen molar-refractivity contribution in [2.45, 2.75) is 13.3 Å². The molecule has 0 radical (unpaired) electrons. The van der Waals surface area contributed by atoms with E-state index < -0.39 is 0 Å². The van der Waals surface area contributed by atoms with Gasteiger partial charge in [0.1, 0.15) is 17.9 Å². The minimum Gasteiger partial charge on any atom is -0.497 e. The first-order chi connectivity index (χ1) is 12.8. The van der Waals surface area contributed by atoms with E-state index in [0.29, 0.717) is 0 Å². The molecular weight excluding hydrogens is 326 g/mol. The molecule has 6 nitrogen and oxygen atoms in total. The van der Waals surface area contributed by atoms with Gasteiger partial charge in [0.2, 0.25) is 0 Å². The molecule has 0 atom stereocenters. The summed E-state index contributed by atoms with van der Waals surface area (Å²) in [5.41, 5.74) is 3.95. The number of hydrogen-bond donors (Lipinski definition) is 1. The monoisotopic (exact) mass is 345 g/mol. The molecule has 4 aromatic rings. The van der Waals surface area contributed by atoms with E-state index in [1.54, 1.807) is 24.3 Å². The smallest absolute Gasteiger partial charge is 0.168 e. The Balaban J connectivity index is 1.75. The van der Waals surface area contributed by atoms with Crippen LogP contribution in [0.15, 0.2) is 61.1 Å². The SMILES string of the molecule is CCc1ccccc1Nc1ncnc2c1cnn2-c1ccc(OC)cc1. The van der Waals surface area contributed by atoms with Crippen LogP contribution in [0.2, 0.25) is 0 Å². The van der Waals surface area contributed by atoms with Crippen LogP contribution in [-0.4, -0.2) is 26.9 Å². The lowest BCUT2D eigenvalue weighted by Gasteiger charge is -2.10. The van der Waals surface area contributed by atoms with Crippen molar-refractivity contribution >= 4 is 22.5 Å². The molecule has 4 rings (SSSR count). The third kappa shape index (κ3) is 2.86. The summed E-state index contributed by atoms with van der Waals surface area (Å²) in [5, 5.41) is 8.79. The molecule has 1 N–H and O–H groups in total. The van der Waals surface area contributed by atoms with Gasteiger partial charge in [0.15, 0.2) is 5.65 Å². The third-order valence-corrected chi connectivity index (χ3v) is 4.33. The number of ether oxygens (including phenoxy) is 1. The number of aryl methyl sites for hydroxylation is 1. The molecule has 0 amide bonds. The summed E-state index contributed by atoms with van der Waals surface area (Å²) in [6.07, 6.45) is 4.29. The maximum atomic E-state index is 5.22. The van der Waals surface area contributed by atoms with Crippen LogP contribution < -0.4 is 10.1 Å². The second-order valence-corrected chi connectivity index (χ2v) is 5.85. The second-order valence-electron chi connectivity index (χ2n) is 5.85. The van der Waals surface area contributed by atoms with Crippen LogP contribution >= 0.6 is 0 Å². The molecular formula is C20H19N5O. The van der Waals surface area contributed by atoms with Crippen LogP contribution in [-0.2, 0) is 6.42 Å². The van der Waals surface area contributed by atoms with Gasteiger partial charge in [-0.3, -0.25) is 0 Å². The van der Waals surface area contributed by atoms with Gasteiger partial charge in [-0.25, -0.2) is 14.6 Å². The molecule has 0 aliphatic heterocycles. The first-order valence-corrected chi connectivity index (χ1v) is 8.48. The highest BCUT2D eigenvalue weighted by Crippen LogP contribution is 2.26. The van der Waals surface area contributed by atoms with Gasteiger partial charge < -0.3 is 10.1 Å². The fourth-order valence-corrected chi connectivity index (χ4v) is 2.93. The van der Waals surface area contributed by atoms with Gasteiger partial charge in [-0.2, -0.15) is 5.10 Å². The summed E-state index contributed by atoms with van der Waals surface area (Å²) >= 11 is 0. The summed E-state index contributed by atoms with van der Waals surface area (Å²) < 4.78 is 7.01. The number of nitrogens with one attached hydrogen (secondary N) is 1. The lowest BCUT2D eigenvalue weighted by atomic mass is 10.1. The Labute approximate surface area is 151 Å². The molecule has 2 aromatic heterocycles. The van der Waals surface area contributed by atoms with Crippen LogP contribution in [0.4, 0.5) is 11.5 Å². The van der Waals surface area contributed by atoms with Crippen molar-refractivity contribution in [3.63, 3.8) is 0 Å². The van der Waals surface area contributed by atoms with Gasteiger partial charge in [-0.15, -0.1) is 0 Å². The Morgan fingerprint density at radius 3 is 2.62 bits per heavy atom. The number of rotatable bonds is 5. The van der Waals surface area contributed by atoms with Crippen LogP contribution in [0.3, 0.4) is 0 Å². The molecule has 0 aliphatic carbocycles. The number of nitrogens with zero attached hydrogens (tertiary/aromatic N) is 4. The number of para-hydroxylation sites is 1. The van der Waals surface area contributed by atoms with Crippen molar-refractivity contribution in [2.24, 2.45) is 0 Å². The van der Waals surface area contributed by atoms with Gasteiger partial charge in [-0.1, -0.05) is 25.1 Å². The van der Waals surface area contributed by atoms with E-state index in [-0.39, 0.29) is 0 Å². The third-order valence-electron chi connectivity index (χ3n) is 4.33. The van der Waals surface area contributed by atoms with E-state index in [9.17, 15) is 0 Å². The fraction of sp³-hybridized carbons (Fsp3) is 0.150. The zero-order valence-electron chi connectivity index (χ0n) is 14.7. The minimum atomic E-state index is 0.746. The molecule has 0 saturated heterocycles. The number of aromatic nitrogens is 4. The van der Waals surface area contributed by atoms with E-state index in [0.717, 1.165) is 40.4 Å². The van der Waals surface area contributed by atoms with Gasteiger partial charge >= 0.3 is 0 Å². The van der Waals surface area contributed by atoms with Crippen LogP contribution in [0.1, 0.15) is 12.5 Å². The number of anilines is 2. The van der Waals surface area contributed by atoms with E-state index in [2.05, 4.69) is 39.4 Å². The van der Waals surface area contributed by atoms with Gasteiger partial charge in [0, 0.05) is 5.69 Å². The Kier molecular flexibility index (Phi) is 4.23. The maximum absolute atomic E-state index is 5.22. The predicted octanol–water partition coefficient (Wildman–Crippen LogP) is 4.13. The molecule has 2 aromatic carbocycles. The van der Waals surface area contributed by atoms with Crippen LogP contribution in [0, 0.1) is 0 Å². The standard InChI is InChI=1S/C20H19N5O/c1-3-14-6-4-5-7-18(14)24-19-17-12-23-25(20(17)22-13-21-19)15-8-10-16(26-2)11-9-15/h4-13H,3H2,1-2H3,(H,21,22,24). The van der Waals surface area contributed by atoms with Crippen molar-refractivity contribution in [1.82, 2.24) is 19.7 Å². The minimum absolute atomic E-state index is 0.746. The highest BCUT2D eigenvalue weighted by molar-refractivity contribution is 5.89. The zero-order valence-corrected chi connectivity index (χ0v) is 14.7. The predicted molar refractivity (Wildman–Crippen MR) is 102 cm³/mol. The van der Waals surface area contributed by atoms with Crippen LogP contribution in [0.25, 0.3) is 16.7 Å². The lowest BCUT2D eigenvalue weighted by molar-refractivity contribution is 0.414. The Morgan fingerprint density at radius 2 is 1.85 bits per heavy atom. The number of hydrogen-bond acceptors (Lipinski definition) is 5. The summed E-state index contributed by atoms with van der Waals surface area (Å²) in [6, 6.07) is 15.9. The Bertz CT molecular complexity index is 1040. The zero-order chi connectivity index (χ0) is 17.9. The molecule has 0 spiro atoms. The van der Waals surface area contributed by atoms with E-state index >= 15 is 0 Å². The molecule has 26 heavy (non-hydrogen) atoms. The van der Waals surface area contributed by atoms with Crippen molar-refractivity contribution < 1.29 is 4.74 Å². The van der Waals surface area contributed by atoms with E-state index in [4.69, 9.17) is 4.74 Å². The fourth-order valence-electron chi connectivity index (χ4n) is 2.93. The Hall–Kier alpha value is -3.41. The van der Waals surface area contributed by atoms with Crippen molar-refractivity contribution in [3.8, 4) is 11.4 Å². The largest absolute Gasteiger partial charge is 0.497 e. The first kappa shape index (κ1) is 16.1. The molecule has 6 heteroatoms. The maximum Gasteiger partial charge on any atom is 0.168 e. The summed E-state index contributed by atoms with van der Waals surface area (Å²) in [6.45, 7) is 2.14. The number of methoxy groups -OCH3 is 1. The van der Waals surface area contributed by atoms with Crippen molar-refractivity contribution in [3.05, 3.63) is 66.6 Å². The average Bonchev–Trinajstić information content (AvgIpc) is 3.14. The highest BCUT2D eigenvalue weighted by Gasteiger charge is 2.12. The Morgan fingerprint density at radius 1 is 1.04 bits per heavy atom. The average molecular weight is 345 g/mol. The second kappa shape index (κ2) is 6.84. The summed E-state index contributed by atoms with van der Waals surface area (Å²) in [5.74, 6) is 1.55. The van der Waals surface area contributed by atoms with Crippen LogP contribution in [0.5, 0.6) is 5.75 Å². The summed E-state index contributed by atoms with van der Waals surface area (Å²) in [7, 11) is 1.65. The summed E-state index contributed by atoms with van der Waals surface area (Å²) in [4.78, 5) is 8.84. The van der Waals surface area contributed by atoms with Gasteiger partial charge in [0.05, 0.1) is 24.4 Å². The molecule has 0 saturated carbocycles. The van der Waals surface area contributed by atoms with Crippen molar-refractivity contribution in [1.29, 1.82) is 0 Å². The molecule has 130 valence electrons. The molecule has 0 fully saturated rings. The molecule has 0 bridgehead atoms. The van der Waals surface area contributed by atoms with E-state index in [1.165, 1.54) is 5.56 Å². The van der Waals surface area contributed by atoms with Gasteiger partial charge in [0.25, 0.3) is 0 Å². The first-order valence-electron chi connectivity index (χ1n) is 8.48. The highest BCUT2D eigenvalue weighted by atomic mass is 16.5. The normalized spacial score (nSPS) is 10.8. The number of fused-ring (bicyclic) bond motifs is 1. The van der Waals surface area contributed by atoms with Gasteiger partial charge in [-0.05, 0) is 42.3 Å². The van der Waals surface area contributed by atoms with E-state index in [1.807, 2.05) is 36.4 Å². The topological polar surface area (TPSA) is 64.9 Å². The van der Waals surface area contributed by atoms with Crippen molar-refractivity contribution in [2.75, 3.05) is 12.4 Å². The quantitative estimate of drug-likeness (QED) is 0.589. The molecule has 2 heterocycles. The lowest BCUT2D eigenvalue weighted by Crippen LogP contribution is -2.00. The molecule has 0 unspecified atom stereocenters. The number of benzene rings is 2.